The van der Waals surface area contributed by atoms with Crippen LogP contribution in [0.3, 0.4) is 0 Å². The van der Waals surface area contributed by atoms with Crippen LogP contribution in [0.1, 0.15) is 18.4 Å². The van der Waals surface area contributed by atoms with Gasteiger partial charge in [-0.2, -0.15) is 0 Å². The largest absolute Gasteiger partial charge is 0.480 e. The Morgan fingerprint density at radius 1 is 1.22 bits per heavy atom. The number of benzene rings is 1. The van der Waals surface area contributed by atoms with Crippen LogP contribution in [0, 0.1) is 0 Å². The van der Waals surface area contributed by atoms with Gasteiger partial charge in [0, 0.05) is 25.6 Å². The molecule has 1 aliphatic heterocycles. The van der Waals surface area contributed by atoms with Crippen LogP contribution in [0.4, 0.5) is 11.6 Å². The third kappa shape index (κ3) is 3.97. The average Bonchev–Trinajstić information content (AvgIpc) is 3.10. The average molecular weight is 312 g/mol. The van der Waals surface area contributed by atoms with Crippen LogP contribution in [0.2, 0.25) is 0 Å². The molecule has 120 valence electrons. The first kappa shape index (κ1) is 15.3. The fourth-order valence-corrected chi connectivity index (χ4v) is 2.77. The number of carboxylic acids is 1. The van der Waals surface area contributed by atoms with Crippen molar-refractivity contribution in [1.29, 1.82) is 0 Å². The van der Waals surface area contributed by atoms with E-state index in [1.54, 1.807) is 0 Å². The minimum Gasteiger partial charge on any atom is -0.480 e. The molecular weight excluding hydrogens is 292 g/mol. The topological polar surface area (TPSA) is 78.4 Å². The van der Waals surface area contributed by atoms with Crippen molar-refractivity contribution in [2.75, 3.05) is 23.3 Å². The number of rotatable bonds is 6. The molecule has 1 aromatic carbocycles. The smallest absolute Gasteiger partial charge is 0.326 e. The van der Waals surface area contributed by atoms with Crippen molar-refractivity contribution < 1.29 is 9.90 Å². The third-order valence-electron chi connectivity index (χ3n) is 3.99. The van der Waals surface area contributed by atoms with E-state index in [2.05, 4.69) is 20.2 Å². The predicted octanol–water partition coefficient (Wildman–Crippen LogP) is 2.18. The van der Waals surface area contributed by atoms with E-state index in [1.807, 2.05) is 36.4 Å². The predicted molar refractivity (Wildman–Crippen MR) is 88.7 cm³/mol. The van der Waals surface area contributed by atoms with Crippen LogP contribution in [0.25, 0.3) is 0 Å². The monoisotopic (exact) mass is 312 g/mol. The number of anilines is 2. The van der Waals surface area contributed by atoms with Gasteiger partial charge in [-0.3, -0.25) is 0 Å². The minimum absolute atomic E-state index is 0.402. The van der Waals surface area contributed by atoms with E-state index in [4.69, 9.17) is 0 Å². The van der Waals surface area contributed by atoms with Crippen LogP contribution in [0.5, 0.6) is 0 Å². The Bertz CT molecular complexity index is 657. The summed E-state index contributed by atoms with van der Waals surface area (Å²) < 4.78 is 0. The molecule has 0 spiro atoms. The van der Waals surface area contributed by atoms with Gasteiger partial charge < -0.3 is 15.3 Å². The molecule has 0 aliphatic carbocycles. The highest BCUT2D eigenvalue weighted by molar-refractivity contribution is 5.77. The SMILES string of the molecule is O=C(O)[C@@H](Cc1ccccc1)Nc1cc(N2CCCC2)ncn1. The van der Waals surface area contributed by atoms with Crippen LogP contribution >= 0.6 is 0 Å². The molecule has 2 heterocycles. The highest BCUT2D eigenvalue weighted by Crippen LogP contribution is 2.20. The molecule has 23 heavy (non-hydrogen) atoms. The zero-order valence-electron chi connectivity index (χ0n) is 12.9. The van der Waals surface area contributed by atoms with E-state index in [9.17, 15) is 9.90 Å². The molecule has 2 aromatic rings. The zero-order valence-corrected chi connectivity index (χ0v) is 12.9. The van der Waals surface area contributed by atoms with Gasteiger partial charge in [0.25, 0.3) is 0 Å². The van der Waals surface area contributed by atoms with Crippen LogP contribution in [-0.4, -0.2) is 40.2 Å². The number of aliphatic carboxylic acids is 1. The molecule has 1 fully saturated rings. The maximum absolute atomic E-state index is 11.5. The molecule has 1 aliphatic rings. The van der Waals surface area contributed by atoms with Crippen LogP contribution < -0.4 is 10.2 Å². The third-order valence-corrected chi connectivity index (χ3v) is 3.99. The normalized spacial score (nSPS) is 15.4. The minimum atomic E-state index is -0.893. The molecule has 3 rings (SSSR count). The highest BCUT2D eigenvalue weighted by Gasteiger charge is 2.19. The van der Waals surface area contributed by atoms with Gasteiger partial charge in [0.2, 0.25) is 0 Å². The Balaban J connectivity index is 1.72. The molecule has 0 unspecified atom stereocenters. The van der Waals surface area contributed by atoms with Gasteiger partial charge in [-0.15, -0.1) is 0 Å². The number of nitrogens with one attached hydrogen (secondary N) is 1. The number of aromatic nitrogens is 2. The van der Waals surface area contributed by atoms with Gasteiger partial charge in [0.1, 0.15) is 24.0 Å². The second-order valence-electron chi connectivity index (χ2n) is 5.68. The van der Waals surface area contributed by atoms with Gasteiger partial charge in [0.15, 0.2) is 0 Å². The molecule has 0 radical (unpaired) electrons. The maximum Gasteiger partial charge on any atom is 0.326 e. The van der Waals surface area contributed by atoms with E-state index in [0.717, 1.165) is 24.5 Å². The number of hydrogen-bond acceptors (Lipinski definition) is 5. The molecule has 2 N–H and O–H groups in total. The summed E-state index contributed by atoms with van der Waals surface area (Å²) in [5.41, 5.74) is 0.973. The fraction of sp³-hybridized carbons (Fsp3) is 0.353. The molecular formula is C17H20N4O2. The van der Waals surface area contributed by atoms with E-state index in [-0.39, 0.29) is 0 Å². The zero-order chi connectivity index (χ0) is 16.1. The number of carbonyl (C=O) groups is 1. The van der Waals surface area contributed by atoms with Gasteiger partial charge in [0.05, 0.1) is 0 Å². The molecule has 1 aromatic heterocycles. The Labute approximate surface area is 135 Å². The van der Waals surface area contributed by atoms with Crippen LogP contribution in [0.15, 0.2) is 42.7 Å². The standard InChI is InChI=1S/C17H20N4O2/c22-17(23)14(10-13-6-2-1-3-7-13)20-15-11-16(19-12-18-15)21-8-4-5-9-21/h1-3,6-7,11-12,14H,4-5,8-10H2,(H,22,23)(H,18,19,20)/t14-/m1/s1. The lowest BCUT2D eigenvalue weighted by molar-refractivity contribution is -0.137. The first-order valence-electron chi connectivity index (χ1n) is 7.82. The van der Waals surface area contributed by atoms with Gasteiger partial charge >= 0.3 is 5.97 Å². The molecule has 1 atom stereocenters. The van der Waals surface area contributed by atoms with E-state index in [0.29, 0.717) is 12.2 Å². The summed E-state index contributed by atoms with van der Waals surface area (Å²) >= 11 is 0. The quantitative estimate of drug-likeness (QED) is 0.851. The fourth-order valence-electron chi connectivity index (χ4n) is 2.77. The summed E-state index contributed by atoms with van der Waals surface area (Å²) in [6.45, 7) is 1.98. The Morgan fingerprint density at radius 2 is 1.96 bits per heavy atom. The number of carboxylic acid groups (broad SMARTS) is 1. The molecule has 6 nitrogen and oxygen atoms in total. The summed E-state index contributed by atoms with van der Waals surface area (Å²) in [5.74, 6) is 0.504. The molecule has 0 amide bonds. The van der Waals surface area contributed by atoms with Crippen molar-refractivity contribution >= 4 is 17.6 Å². The lowest BCUT2D eigenvalue weighted by Gasteiger charge is -2.19. The maximum atomic E-state index is 11.5. The van der Waals surface area contributed by atoms with Crippen molar-refractivity contribution in [3.63, 3.8) is 0 Å². The van der Waals surface area contributed by atoms with E-state index in [1.165, 1.54) is 19.2 Å². The Hall–Kier alpha value is -2.63. The molecule has 0 bridgehead atoms. The Kier molecular flexibility index (Phi) is 4.71. The van der Waals surface area contributed by atoms with Crippen molar-refractivity contribution in [3.8, 4) is 0 Å². The van der Waals surface area contributed by atoms with Crippen molar-refractivity contribution in [2.45, 2.75) is 25.3 Å². The summed E-state index contributed by atoms with van der Waals surface area (Å²) in [6, 6.07) is 10.7. The number of nitrogens with zero attached hydrogens (tertiary/aromatic N) is 3. The van der Waals surface area contributed by atoms with Gasteiger partial charge in [-0.1, -0.05) is 30.3 Å². The summed E-state index contributed by atoms with van der Waals surface area (Å²) in [6.07, 6.45) is 4.22. The summed E-state index contributed by atoms with van der Waals surface area (Å²) in [5, 5.41) is 12.5. The lowest BCUT2D eigenvalue weighted by atomic mass is 10.1. The molecule has 1 saturated heterocycles. The second kappa shape index (κ2) is 7.09. The Morgan fingerprint density at radius 3 is 2.65 bits per heavy atom. The lowest BCUT2D eigenvalue weighted by Crippen LogP contribution is -2.32. The molecule has 6 heteroatoms. The van der Waals surface area contributed by atoms with Gasteiger partial charge in [-0.25, -0.2) is 14.8 Å². The van der Waals surface area contributed by atoms with Crippen molar-refractivity contribution in [2.24, 2.45) is 0 Å². The highest BCUT2D eigenvalue weighted by atomic mass is 16.4. The first-order chi connectivity index (χ1) is 11.2. The second-order valence-corrected chi connectivity index (χ2v) is 5.68. The van der Waals surface area contributed by atoms with E-state index < -0.39 is 12.0 Å². The summed E-state index contributed by atoms with van der Waals surface area (Å²) in [4.78, 5) is 22.2. The first-order valence-corrected chi connectivity index (χ1v) is 7.82. The van der Waals surface area contributed by atoms with E-state index >= 15 is 0 Å². The number of hydrogen-bond donors (Lipinski definition) is 2. The molecule has 0 saturated carbocycles. The van der Waals surface area contributed by atoms with Crippen LogP contribution in [-0.2, 0) is 11.2 Å². The van der Waals surface area contributed by atoms with Crippen molar-refractivity contribution in [3.05, 3.63) is 48.3 Å². The van der Waals surface area contributed by atoms with Gasteiger partial charge in [-0.05, 0) is 18.4 Å². The summed E-state index contributed by atoms with van der Waals surface area (Å²) in [7, 11) is 0. The van der Waals surface area contributed by atoms with Crippen molar-refractivity contribution in [1.82, 2.24) is 9.97 Å².